The number of carbonyl (C=O) groups is 2. The molecule has 1 aliphatic heterocycles. The highest BCUT2D eigenvalue weighted by atomic mass is 16.7. The number of non-ortho nitro benzene ring substituents is 1. The fraction of sp³-hybridized carbons (Fsp3) is 0.227. The average molecular weight is 455 g/mol. The summed E-state index contributed by atoms with van der Waals surface area (Å²) in [6.07, 6.45) is 0.802. The number of benzene rings is 2. The van der Waals surface area contributed by atoms with E-state index in [1.807, 2.05) is 0 Å². The van der Waals surface area contributed by atoms with Gasteiger partial charge in [-0.25, -0.2) is 0 Å². The standard InChI is InChI=1S/C22H21N3O8/c1-3-10-32-16-7-4-14(5-8-16)18-12-22(33-24-18,13-20(26)27)21(28)23-17-11-15(25(29)30)6-9-19(17)31-2/h3-9,11H,1,10,12-13H2,2H3,(H,23,28)(H,26,27)/t22-/m1/s1. The number of nitro groups is 1. The summed E-state index contributed by atoms with van der Waals surface area (Å²) in [6, 6.07) is 10.5. The molecule has 1 aliphatic rings. The van der Waals surface area contributed by atoms with E-state index in [0.29, 0.717) is 23.6 Å². The van der Waals surface area contributed by atoms with Gasteiger partial charge in [-0.2, -0.15) is 0 Å². The van der Waals surface area contributed by atoms with Crippen LogP contribution in [0, 0.1) is 10.1 Å². The van der Waals surface area contributed by atoms with Crippen LogP contribution in [0.2, 0.25) is 0 Å². The Bertz CT molecular complexity index is 1110. The number of anilines is 1. The molecule has 0 bridgehead atoms. The SMILES string of the molecule is C=CCOc1ccc(C2=NO[C@](CC(=O)O)(C(=O)Nc3cc([N+](=O)[O-])ccc3OC)C2)cc1. The maximum atomic E-state index is 13.1. The Balaban J connectivity index is 1.84. The first-order valence-electron chi connectivity index (χ1n) is 9.73. The number of aliphatic carboxylic acids is 1. The smallest absolute Gasteiger partial charge is 0.308 e. The molecule has 0 saturated carbocycles. The first-order valence-corrected chi connectivity index (χ1v) is 9.73. The highest BCUT2D eigenvalue weighted by molar-refractivity contribution is 6.09. The van der Waals surface area contributed by atoms with E-state index in [9.17, 15) is 24.8 Å². The van der Waals surface area contributed by atoms with Gasteiger partial charge in [-0.1, -0.05) is 17.8 Å². The van der Waals surface area contributed by atoms with Gasteiger partial charge in [0.25, 0.3) is 11.6 Å². The Morgan fingerprint density at radius 2 is 2.06 bits per heavy atom. The van der Waals surface area contributed by atoms with E-state index in [1.54, 1.807) is 30.3 Å². The van der Waals surface area contributed by atoms with E-state index in [1.165, 1.54) is 19.2 Å². The molecule has 33 heavy (non-hydrogen) atoms. The van der Waals surface area contributed by atoms with Gasteiger partial charge in [-0.3, -0.25) is 19.7 Å². The van der Waals surface area contributed by atoms with E-state index in [-0.39, 0.29) is 23.5 Å². The number of carbonyl (C=O) groups excluding carboxylic acids is 1. The van der Waals surface area contributed by atoms with Crippen molar-refractivity contribution < 1.29 is 33.9 Å². The van der Waals surface area contributed by atoms with Crippen LogP contribution in [0.4, 0.5) is 11.4 Å². The molecule has 2 N–H and O–H groups in total. The van der Waals surface area contributed by atoms with E-state index >= 15 is 0 Å². The maximum absolute atomic E-state index is 13.1. The number of amides is 1. The molecule has 2 aromatic rings. The number of nitro benzene ring substituents is 1. The lowest BCUT2D eigenvalue weighted by atomic mass is 9.90. The van der Waals surface area contributed by atoms with Gasteiger partial charge < -0.3 is 24.7 Å². The Morgan fingerprint density at radius 1 is 1.33 bits per heavy atom. The molecule has 0 saturated heterocycles. The molecule has 0 aliphatic carbocycles. The van der Waals surface area contributed by atoms with Gasteiger partial charge in [-0.15, -0.1) is 0 Å². The molecular weight excluding hydrogens is 434 g/mol. The van der Waals surface area contributed by atoms with Crippen molar-refractivity contribution in [1.82, 2.24) is 0 Å². The van der Waals surface area contributed by atoms with Crippen LogP contribution in [0.25, 0.3) is 0 Å². The Morgan fingerprint density at radius 3 is 2.67 bits per heavy atom. The fourth-order valence-electron chi connectivity index (χ4n) is 3.22. The maximum Gasteiger partial charge on any atom is 0.308 e. The van der Waals surface area contributed by atoms with E-state index < -0.39 is 28.8 Å². The van der Waals surface area contributed by atoms with Crippen LogP contribution >= 0.6 is 0 Å². The van der Waals surface area contributed by atoms with Crippen molar-refractivity contribution in [3.8, 4) is 11.5 Å². The van der Waals surface area contributed by atoms with Crippen LogP contribution in [0.15, 0.2) is 60.3 Å². The van der Waals surface area contributed by atoms with Crippen LogP contribution in [0.3, 0.4) is 0 Å². The van der Waals surface area contributed by atoms with Crippen LogP contribution in [-0.4, -0.2) is 46.9 Å². The third-order valence-corrected chi connectivity index (χ3v) is 4.83. The van der Waals surface area contributed by atoms with Crippen molar-refractivity contribution >= 4 is 29.0 Å². The molecule has 1 amide bonds. The van der Waals surface area contributed by atoms with Gasteiger partial charge in [0.1, 0.15) is 18.1 Å². The highest BCUT2D eigenvalue weighted by Gasteiger charge is 2.49. The van der Waals surface area contributed by atoms with E-state index in [4.69, 9.17) is 14.3 Å². The van der Waals surface area contributed by atoms with Gasteiger partial charge in [0.2, 0.25) is 5.60 Å². The Kier molecular flexibility index (Phi) is 6.91. The number of hydrogen-bond acceptors (Lipinski definition) is 8. The van der Waals surface area contributed by atoms with Crippen molar-refractivity contribution in [1.29, 1.82) is 0 Å². The van der Waals surface area contributed by atoms with Gasteiger partial charge >= 0.3 is 5.97 Å². The number of methoxy groups -OCH3 is 1. The molecule has 0 fully saturated rings. The summed E-state index contributed by atoms with van der Waals surface area (Å²) in [7, 11) is 1.33. The fourth-order valence-corrected chi connectivity index (χ4v) is 3.22. The molecule has 0 radical (unpaired) electrons. The van der Waals surface area contributed by atoms with Crippen molar-refractivity contribution in [3.05, 3.63) is 70.8 Å². The number of rotatable bonds is 10. The van der Waals surface area contributed by atoms with Crippen molar-refractivity contribution in [3.63, 3.8) is 0 Å². The topological polar surface area (TPSA) is 150 Å². The van der Waals surface area contributed by atoms with Crippen LogP contribution in [0.1, 0.15) is 18.4 Å². The zero-order chi connectivity index (χ0) is 24.0. The predicted molar refractivity (Wildman–Crippen MR) is 118 cm³/mol. The molecule has 1 atom stereocenters. The van der Waals surface area contributed by atoms with E-state index in [0.717, 1.165) is 6.07 Å². The zero-order valence-electron chi connectivity index (χ0n) is 17.6. The number of carboxylic acid groups (broad SMARTS) is 1. The number of nitrogens with zero attached hydrogens (tertiary/aromatic N) is 2. The van der Waals surface area contributed by atoms with Crippen LogP contribution in [-0.2, 0) is 14.4 Å². The number of nitrogens with one attached hydrogen (secondary N) is 1. The lowest BCUT2D eigenvalue weighted by molar-refractivity contribution is -0.384. The molecule has 0 spiro atoms. The lowest BCUT2D eigenvalue weighted by Crippen LogP contribution is -2.45. The van der Waals surface area contributed by atoms with Crippen molar-refractivity contribution in [2.45, 2.75) is 18.4 Å². The van der Waals surface area contributed by atoms with Crippen molar-refractivity contribution in [2.24, 2.45) is 5.16 Å². The van der Waals surface area contributed by atoms with Crippen molar-refractivity contribution in [2.75, 3.05) is 19.0 Å². The second-order valence-electron chi connectivity index (χ2n) is 7.09. The molecular formula is C22H21N3O8. The molecule has 172 valence electrons. The third kappa shape index (κ3) is 5.26. The molecule has 1 heterocycles. The highest BCUT2D eigenvalue weighted by Crippen LogP contribution is 2.35. The monoisotopic (exact) mass is 455 g/mol. The summed E-state index contributed by atoms with van der Waals surface area (Å²) in [5, 5.41) is 26.9. The molecule has 11 heteroatoms. The second-order valence-corrected chi connectivity index (χ2v) is 7.09. The minimum absolute atomic E-state index is 0.00207. The molecule has 0 unspecified atom stereocenters. The number of ether oxygens (including phenoxy) is 2. The summed E-state index contributed by atoms with van der Waals surface area (Å²) >= 11 is 0. The lowest BCUT2D eigenvalue weighted by Gasteiger charge is -2.24. The molecule has 0 aromatic heterocycles. The predicted octanol–water partition coefficient (Wildman–Crippen LogP) is 3.14. The largest absolute Gasteiger partial charge is 0.495 e. The normalized spacial score (nSPS) is 16.8. The summed E-state index contributed by atoms with van der Waals surface area (Å²) < 4.78 is 10.6. The van der Waals surface area contributed by atoms with Gasteiger partial charge in [-0.05, 0) is 35.9 Å². The average Bonchev–Trinajstić information content (AvgIpc) is 3.22. The Hall–Kier alpha value is -4.41. The molecule has 2 aromatic carbocycles. The molecule has 11 nitrogen and oxygen atoms in total. The van der Waals surface area contributed by atoms with Gasteiger partial charge in [0.05, 0.1) is 29.9 Å². The van der Waals surface area contributed by atoms with Crippen LogP contribution < -0.4 is 14.8 Å². The van der Waals surface area contributed by atoms with Crippen LogP contribution in [0.5, 0.6) is 11.5 Å². The molecule has 3 rings (SSSR count). The summed E-state index contributed by atoms with van der Waals surface area (Å²) in [4.78, 5) is 40.5. The van der Waals surface area contributed by atoms with Gasteiger partial charge in [0.15, 0.2) is 0 Å². The van der Waals surface area contributed by atoms with E-state index in [2.05, 4.69) is 17.1 Å². The minimum atomic E-state index is -1.85. The summed E-state index contributed by atoms with van der Waals surface area (Å²) in [5.41, 5.74) is -1.14. The number of hydrogen-bond donors (Lipinski definition) is 2. The second kappa shape index (κ2) is 9.81. The number of oxime groups is 1. The zero-order valence-corrected chi connectivity index (χ0v) is 17.6. The minimum Gasteiger partial charge on any atom is -0.495 e. The first kappa shape index (κ1) is 23.3. The summed E-state index contributed by atoms with van der Waals surface area (Å²) in [6.45, 7) is 3.92. The third-order valence-electron chi connectivity index (χ3n) is 4.83. The quantitative estimate of drug-likeness (QED) is 0.315. The first-order chi connectivity index (χ1) is 15.8. The number of carboxylic acids is 1. The Labute approximate surface area is 188 Å². The van der Waals surface area contributed by atoms with Gasteiger partial charge in [0, 0.05) is 18.6 Å². The summed E-state index contributed by atoms with van der Waals surface area (Å²) in [5.74, 6) is -1.34.